The number of fused-ring (bicyclic) bond motifs is 1. The molecule has 0 N–H and O–H groups in total. The van der Waals surface area contributed by atoms with E-state index in [1.807, 2.05) is 18.7 Å². The van der Waals surface area contributed by atoms with E-state index in [1.165, 1.54) is 18.5 Å². The highest BCUT2D eigenvalue weighted by atomic mass is 16.5. The van der Waals surface area contributed by atoms with Crippen LogP contribution >= 0.6 is 0 Å². The number of carbonyl (C=O) groups is 1. The second-order valence-corrected chi connectivity index (χ2v) is 5.68. The molecule has 1 aliphatic carbocycles. The van der Waals surface area contributed by atoms with E-state index >= 15 is 0 Å². The molecule has 5 heteroatoms. The summed E-state index contributed by atoms with van der Waals surface area (Å²) in [6, 6.07) is 0. The lowest BCUT2D eigenvalue weighted by atomic mass is 10.1. The molecule has 0 radical (unpaired) electrons. The molecule has 0 atom stereocenters. The first kappa shape index (κ1) is 13.6. The molecule has 1 saturated carbocycles. The maximum atomic E-state index is 12.6. The van der Waals surface area contributed by atoms with E-state index in [2.05, 4.69) is 9.78 Å². The van der Waals surface area contributed by atoms with Crippen molar-refractivity contribution < 1.29 is 9.53 Å². The summed E-state index contributed by atoms with van der Waals surface area (Å²) in [5, 5.41) is 4.63. The van der Waals surface area contributed by atoms with Gasteiger partial charge in [0.1, 0.15) is 0 Å². The van der Waals surface area contributed by atoms with Gasteiger partial charge in [-0.25, -0.2) is 0 Å². The van der Waals surface area contributed by atoms with Crippen molar-refractivity contribution >= 4 is 5.91 Å². The van der Waals surface area contributed by atoms with Gasteiger partial charge in [0.25, 0.3) is 5.91 Å². The molecule has 0 saturated heterocycles. The number of amides is 1. The number of aromatic nitrogens is 2. The minimum Gasteiger partial charge on any atom is -0.376 e. The summed E-state index contributed by atoms with van der Waals surface area (Å²) in [4.78, 5) is 14.4. The smallest absolute Gasteiger partial charge is 0.274 e. The van der Waals surface area contributed by atoms with E-state index in [4.69, 9.17) is 4.74 Å². The molecular weight excluding hydrogens is 254 g/mol. The van der Waals surface area contributed by atoms with Crippen LogP contribution in [0.1, 0.15) is 48.4 Å². The van der Waals surface area contributed by atoms with Gasteiger partial charge in [-0.05, 0) is 32.6 Å². The molecule has 110 valence electrons. The highest BCUT2D eigenvalue weighted by Gasteiger charge is 2.30. The van der Waals surface area contributed by atoms with Gasteiger partial charge in [0.15, 0.2) is 5.69 Å². The van der Waals surface area contributed by atoms with E-state index in [9.17, 15) is 4.79 Å². The van der Waals surface area contributed by atoms with Crippen LogP contribution in [0.5, 0.6) is 0 Å². The van der Waals surface area contributed by atoms with Crippen LogP contribution in [0, 0.1) is 5.92 Å². The zero-order chi connectivity index (χ0) is 14.1. The molecule has 2 heterocycles. The third-order valence-electron chi connectivity index (χ3n) is 4.28. The number of hydrogen-bond donors (Lipinski definition) is 0. The summed E-state index contributed by atoms with van der Waals surface area (Å²) in [5.41, 5.74) is 2.86. The molecule has 0 unspecified atom stereocenters. The van der Waals surface area contributed by atoms with Crippen molar-refractivity contribution in [2.24, 2.45) is 5.92 Å². The first-order chi connectivity index (χ1) is 9.74. The Morgan fingerprint density at radius 3 is 2.80 bits per heavy atom. The molecule has 20 heavy (non-hydrogen) atoms. The first-order valence-electron chi connectivity index (χ1n) is 7.70. The monoisotopic (exact) mass is 277 g/mol. The van der Waals surface area contributed by atoms with Crippen LogP contribution in [-0.2, 0) is 24.3 Å². The Bertz CT molecular complexity index is 501. The van der Waals surface area contributed by atoms with E-state index in [-0.39, 0.29) is 5.91 Å². The van der Waals surface area contributed by atoms with Crippen LogP contribution in [0.2, 0.25) is 0 Å². The Morgan fingerprint density at radius 1 is 1.40 bits per heavy atom. The minimum absolute atomic E-state index is 0.0475. The summed E-state index contributed by atoms with van der Waals surface area (Å²) in [7, 11) is 0. The van der Waals surface area contributed by atoms with Gasteiger partial charge in [-0.1, -0.05) is 0 Å². The third kappa shape index (κ3) is 2.46. The average molecular weight is 277 g/mol. The lowest BCUT2D eigenvalue weighted by Crippen LogP contribution is -2.31. The van der Waals surface area contributed by atoms with E-state index in [0.717, 1.165) is 44.1 Å². The quantitative estimate of drug-likeness (QED) is 0.825. The summed E-state index contributed by atoms with van der Waals surface area (Å²) in [6.07, 6.45) is 3.47. The van der Waals surface area contributed by atoms with Crippen LogP contribution in [0.4, 0.5) is 0 Å². The molecule has 1 fully saturated rings. The van der Waals surface area contributed by atoms with Crippen LogP contribution in [0.25, 0.3) is 0 Å². The van der Waals surface area contributed by atoms with E-state index in [0.29, 0.717) is 12.3 Å². The summed E-state index contributed by atoms with van der Waals surface area (Å²) < 4.78 is 7.62. The zero-order valence-electron chi connectivity index (χ0n) is 12.4. The summed E-state index contributed by atoms with van der Waals surface area (Å²) in [6.45, 7) is 7.69. The lowest BCUT2D eigenvalue weighted by Gasteiger charge is -2.19. The van der Waals surface area contributed by atoms with Gasteiger partial charge in [-0.3, -0.25) is 9.48 Å². The highest BCUT2D eigenvalue weighted by Crippen LogP contribution is 2.32. The predicted molar refractivity (Wildman–Crippen MR) is 75.6 cm³/mol. The molecule has 0 aromatic carbocycles. The Hall–Kier alpha value is -1.36. The van der Waals surface area contributed by atoms with Crippen LogP contribution in [-0.4, -0.2) is 40.3 Å². The Labute approximate surface area is 119 Å². The highest BCUT2D eigenvalue weighted by molar-refractivity contribution is 5.94. The van der Waals surface area contributed by atoms with Gasteiger partial charge in [-0.15, -0.1) is 0 Å². The Morgan fingerprint density at radius 2 is 2.15 bits per heavy atom. The lowest BCUT2D eigenvalue weighted by molar-refractivity contribution is 0.0753. The van der Waals surface area contributed by atoms with Crippen molar-refractivity contribution in [3.05, 3.63) is 17.0 Å². The Kier molecular flexibility index (Phi) is 3.78. The van der Waals surface area contributed by atoms with E-state index < -0.39 is 0 Å². The number of carbonyl (C=O) groups excluding carboxylic acids is 1. The standard InChI is InChI=1S/C15H23N3O2/c1-3-17(4-2)15(19)14-12-10-20-8-7-13(12)18(16-14)9-11-5-6-11/h11H,3-10H2,1-2H3. The van der Waals surface area contributed by atoms with Crippen molar-refractivity contribution in [2.45, 2.75) is 46.3 Å². The molecule has 1 aromatic heterocycles. The van der Waals surface area contributed by atoms with Crippen molar-refractivity contribution in [3.63, 3.8) is 0 Å². The predicted octanol–water partition coefficient (Wildman–Crippen LogP) is 1.85. The van der Waals surface area contributed by atoms with Crippen LogP contribution in [0.3, 0.4) is 0 Å². The van der Waals surface area contributed by atoms with Crippen molar-refractivity contribution in [3.8, 4) is 0 Å². The van der Waals surface area contributed by atoms with Gasteiger partial charge in [0.2, 0.25) is 0 Å². The summed E-state index contributed by atoms with van der Waals surface area (Å²) >= 11 is 0. The maximum absolute atomic E-state index is 12.6. The second-order valence-electron chi connectivity index (χ2n) is 5.68. The van der Waals surface area contributed by atoms with Crippen molar-refractivity contribution in [1.29, 1.82) is 0 Å². The molecule has 1 amide bonds. The molecular formula is C15H23N3O2. The van der Waals surface area contributed by atoms with Crippen LogP contribution in [0.15, 0.2) is 0 Å². The number of rotatable bonds is 5. The molecule has 0 spiro atoms. The normalized spacial score (nSPS) is 17.9. The molecule has 3 rings (SSSR count). The van der Waals surface area contributed by atoms with Gasteiger partial charge < -0.3 is 9.64 Å². The fourth-order valence-corrected chi connectivity index (χ4v) is 2.84. The molecule has 2 aliphatic rings. The summed E-state index contributed by atoms with van der Waals surface area (Å²) in [5.74, 6) is 0.810. The average Bonchev–Trinajstić information content (AvgIpc) is 3.21. The second kappa shape index (κ2) is 5.56. The zero-order valence-corrected chi connectivity index (χ0v) is 12.4. The van der Waals surface area contributed by atoms with Gasteiger partial charge >= 0.3 is 0 Å². The number of nitrogens with zero attached hydrogens (tertiary/aromatic N) is 3. The van der Waals surface area contributed by atoms with Crippen molar-refractivity contribution in [1.82, 2.24) is 14.7 Å². The van der Waals surface area contributed by atoms with Gasteiger partial charge in [0.05, 0.1) is 13.2 Å². The van der Waals surface area contributed by atoms with E-state index in [1.54, 1.807) is 0 Å². The minimum atomic E-state index is 0.0475. The van der Waals surface area contributed by atoms with Crippen LogP contribution < -0.4 is 0 Å². The molecule has 0 bridgehead atoms. The fourth-order valence-electron chi connectivity index (χ4n) is 2.84. The molecule has 1 aliphatic heterocycles. The van der Waals surface area contributed by atoms with Gasteiger partial charge in [-0.2, -0.15) is 5.10 Å². The molecule has 1 aromatic rings. The van der Waals surface area contributed by atoms with Crippen molar-refractivity contribution in [2.75, 3.05) is 19.7 Å². The first-order valence-corrected chi connectivity index (χ1v) is 7.70. The number of hydrogen-bond acceptors (Lipinski definition) is 3. The number of ether oxygens (including phenoxy) is 1. The Balaban J connectivity index is 1.92. The molecule has 5 nitrogen and oxygen atoms in total. The largest absolute Gasteiger partial charge is 0.376 e. The SMILES string of the molecule is CCN(CC)C(=O)c1nn(CC2CC2)c2c1COCC2. The fraction of sp³-hybridized carbons (Fsp3) is 0.733. The maximum Gasteiger partial charge on any atom is 0.274 e. The van der Waals surface area contributed by atoms with Gasteiger partial charge in [0, 0.05) is 37.3 Å². The topological polar surface area (TPSA) is 47.4 Å². The third-order valence-corrected chi connectivity index (χ3v) is 4.28.